The predicted molar refractivity (Wildman–Crippen MR) is 423 cm³/mol. The number of carbonyl (C=O) groups is 4. The first-order chi connectivity index (χ1) is 50.0. The molecule has 0 rings (SSSR count). The number of rotatable bonds is 84. The number of aliphatic hydroxyl groups is 1. The van der Waals surface area contributed by atoms with Crippen LogP contribution in [0.2, 0.25) is 0 Å². The van der Waals surface area contributed by atoms with Crippen molar-refractivity contribution in [2.75, 3.05) is 39.6 Å². The second kappa shape index (κ2) is 76.8. The third kappa shape index (κ3) is 78.0. The smallest absolute Gasteiger partial charge is 0.462 e. The van der Waals surface area contributed by atoms with Crippen LogP contribution in [0.5, 0.6) is 0 Å². The Morgan fingerprint density at radius 1 is 0.262 bits per heavy atom. The third-order valence-electron chi connectivity index (χ3n) is 19.8. The van der Waals surface area contributed by atoms with Crippen molar-refractivity contribution < 1.29 is 80.2 Å². The predicted octanol–water partition coefficient (Wildman–Crippen LogP) is 25.6. The van der Waals surface area contributed by atoms with Gasteiger partial charge in [0.25, 0.3) is 0 Å². The lowest BCUT2D eigenvalue weighted by Crippen LogP contribution is -2.30. The fourth-order valence-corrected chi connectivity index (χ4v) is 14.7. The number of hydrogen-bond donors (Lipinski definition) is 3. The molecular weight excluding hydrogens is 1340 g/mol. The molecule has 0 aromatic carbocycles. The van der Waals surface area contributed by atoms with Gasteiger partial charge in [0.1, 0.15) is 19.3 Å². The van der Waals surface area contributed by atoms with Crippen LogP contribution in [0.3, 0.4) is 0 Å². The summed E-state index contributed by atoms with van der Waals surface area (Å²) >= 11 is 0. The van der Waals surface area contributed by atoms with E-state index in [1.807, 2.05) is 0 Å². The van der Waals surface area contributed by atoms with E-state index < -0.39 is 97.5 Å². The molecule has 3 N–H and O–H groups in total. The first-order valence-corrected chi connectivity index (χ1v) is 46.6. The summed E-state index contributed by atoms with van der Waals surface area (Å²) in [6.07, 6.45) is 69.3. The summed E-state index contributed by atoms with van der Waals surface area (Å²) in [5.74, 6) is -1.36. The minimum Gasteiger partial charge on any atom is -0.462 e. The molecule has 103 heavy (non-hydrogen) atoms. The molecule has 19 heteroatoms. The van der Waals surface area contributed by atoms with Crippen molar-refractivity contribution in [1.82, 2.24) is 0 Å². The second-order valence-corrected chi connectivity index (χ2v) is 33.6. The van der Waals surface area contributed by atoms with E-state index in [0.717, 1.165) is 95.8 Å². The average molecular weight is 1510 g/mol. The van der Waals surface area contributed by atoms with Crippen molar-refractivity contribution in [1.29, 1.82) is 0 Å². The van der Waals surface area contributed by atoms with Crippen molar-refractivity contribution >= 4 is 39.5 Å². The summed E-state index contributed by atoms with van der Waals surface area (Å²) in [5.41, 5.74) is 0. The van der Waals surface area contributed by atoms with Crippen LogP contribution in [0.25, 0.3) is 0 Å². The molecule has 0 fully saturated rings. The molecule has 0 amide bonds. The zero-order valence-corrected chi connectivity index (χ0v) is 69.3. The number of ether oxygens (including phenoxy) is 4. The molecule has 2 unspecified atom stereocenters. The van der Waals surface area contributed by atoms with E-state index in [1.54, 1.807) is 0 Å². The molecule has 0 aromatic heterocycles. The van der Waals surface area contributed by atoms with E-state index in [0.29, 0.717) is 25.7 Å². The summed E-state index contributed by atoms with van der Waals surface area (Å²) < 4.78 is 68.9. The molecule has 0 aliphatic heterocycles. The second-order valence-electron chi connectivity index (χ2n) is 30.7. The van der Waals surface area contributed by atoms with Crippen LogP contribution in [-0.4, -0.2) is 96.7 Å². The van der Waals surface area contributed by atoms with Gasteiger partial charge in [-0.1, -0.05) is 401 Å². The highest BCUT2D eigenvalue weighted by molar-refractivity contribution is 7.47. The molecule has 0 radical (unpaired) electrons. The molecule has 0 bridgehead atoms. The van der Waals surface area contributed by atoms with E-state index >= 15 is 0 Å². The lowest BCUT2D eigenvalue weighted by molar-refractivity contribution is -0.161. The van der Waals surface area contributed by atoms with Crippen LogP contribution >= 0.6 is 15.6 Å². The van der Waals surface area contributed by atoms with E-state index in [9.17, 15) is 43.2 Å². The molecule has 0 heterocycles. The van der Waals surface area contributed by atoms with Crippen molar-refractivity contribution in [2.45, 2.75) is 470 Å². The molecule has 0 spiro atoms. The van der Waals surface area contributed by atoms with Crippen LogP contribution in [0, 0.1) is 5.92 Å². The number of hydrogen-bond acceptors (Lipinski definition) is 15. The van der Waals surface area contributed by atoms with Gasteiger partial charge < -0.3 is 33.8 Å². The monoisotopic (exact) mass is 1510 g/mol. The van der Waals surface area contributed by atoms with Crippen molar-refractivity contribution in [3.05, 3.63) is 0 Å². The number of phosphoric acid groups is 2. The van der Waals surface area contributed by atoms with Crippen molar-refractivity contribution in [2.24, 2.45) is 5.92 Å². The SMILES string of the molecule is CCCCCCCCCCCCCCCCCCCCC(=O)O[C@H](COC(=O)CCCCCCCCCCCCCCCCCCC)COP(=O)(O)OC[C@@H](O)COP(=O)(O)OC[C@@H](COC(=O)CCCCCCCCCCCC(C)C)OC(=O)CCCCCCCCCCCCCCCCCC. The zero-order chi connectivity index (χ0) is 75.5. The van der Waals surface area contributed by atoms with E-state index in [4.69, 9.17) is 37.0 Å². The summed E-state index contributed by atoms with van der Waals surface area (Å²) in [6.45, 7) is 7.34. The molecule has 0 aliphatic rings. The number of esters is 4. The van der Waals surface area contributed by atoms with Crippen LogP contribution in [0.4, 0.5) is 0 Å². The summed E-state index contributed by atoms with van der Waals surface area (Å²) in [4.78, 5) is 73.2. The fourth-order valence-electron chi connectivity index (χ4n) is 13.1. The van der Waals surface area contributed by atoms with Gasteiger partial charge in [0, 0.05) is 25.7 Å². The fraction of sp³-hybridized carbons (Fsp3) is 0.952. The summed E-state index contributed by atoms with van der Waals surface area (Å²) in [6, 6.07) is 0. The van der Waals surface area contributed by atoms with Crippen LogP contribution < -0.4 is 0 Å². The van der Waals surface area contributed by atoms with Gasteiger partial charge in [-0.15, -0.1) is 0 Å². The Bertz CT molecular complexity index is 1960. The maximum atomic E-state index is 13.1. The maximum absolute atomic E-state index is 13.1. The van der Waals surface area contributed by atoms with E-state index in [2.05, 4.69) is 34.6 Å². The number of phosphoric ester groups is 2. The lowest BCUT2D eigenvalue weighted by Gasteiger charge is -2.21. The number of unbranched alkanes of at least 4 members (excludes halogenated alkanes) is 56. The lowest BCUT2D eigenvalue weighted by atomic mass is 10.0. The molecule has 0 aliphatic carbocycles. The molecule has 5 atom stereocenters. The standard InChI is InChI=1S/C84H164O17P2/c1-6-9-12-15-18-21-24-27-30-33-35-38-41-44-49-55-60-65-70-83(88)100-79(73-94-81(86)67-62-57-52-47-42-39-37-34-31-28-25-22-19-16-13-10-7-2)75-98-102(90,91)96-71-78(85)72-97-103(92,93)99-76-80(74-95-82(87)68-63-58-53-50-45-46-51-56-61-66-77(4)5)101-84(89)69-64-59-54-48-43-40-36-32-29-26-23-20-17-14-11-8-3/h77-80,85H,6-76H2,1-5H3,(H,90,91)(H,92,93)/t78-,79-,80-/m1/s1. The van der Waals surface area contributed by atoms with Gasteiger partial charge in [0.2, 0.25) is 0 Å². The minimum atomic E-state index is -4.96. The Balaban J connectivity index is 5.26. The number of carbonyl (C=O) groups excluding carboxylic acids is 4. The normalized spacial score (nSPS) is 13.8. The average Bonchev–Trinajstić information content (AvgIpc) is 0.968. The quantitative estimate of drug-likeness (QED) is 0.0222. The Hall–Kier alpha value is -1.94. The third-order valence-corrected chi connectivity index (χ3v) is 21.7. The van der Waals surface area contributed by atoms with Gasteiger partial charge in [0.15, 0.2) is 12.2 Å². The summed E-state index contributed by atoms with van der Waals surface area (Å²) in [5, 5.41) is 10.7. The van der Waals surface area contributed by atoms with Crippen LogP contribution in [0.1, 0.15) is 452 Å². The Labute approximate surface area is 632 Å². The van der Waals surface area contributed by atoms with Gasteiger partial charge in [0.05, 0.1) is 26.4 Å². The minimum absolute atomic E-state index is 0.108. The van der Waals surface area contributed by atoms with Crippen molar-refractivity contribution in [3.8, 4) is 0 Å². The van der Waals surface area contributed by atoms with Crippen molar-refractivity contribution in [3.63, 3.8) is 0 Å². The van der Waals surface area contributed by atoms with Crippen LogP contribution in [0.15, 0.2) is 0 Å². The zero-order valence-electron chi connectivity index (χ0n) is 67.5. The molecule has 0 aromatic rings. The van der Waals surface area contributed by atoms with Gasteiger partial charge in [-0.2, -0.15) is 0 Å². The Kier molecular flexibility index (Phi) is 75.4. The highest BCUT2D eigenvalue weighted by Crippen LogP contribution is 2.45. The Morgan fingerprint density at radius 3 is 0.660 bits per heavy atom. The largest absolute Gasteiger partial charge is 0.472 e. The van der Waals surface area contributed by atoms with Crippen LogP contribution in [-0.2, 0) is 65.4 Å². The van der Waals surface area contributed by atoms with Gasteiger partial charge in [-0.3, -0.25) is 37.3 Å². The molecule has 17 nitrogen and oxygen atoms in total. The molecule has 0 saturated heterocycles. The maximum Gasteiger partial charge on any atom is 0.472 e. The first kappa shape index (κ1) is 101. The van der Waals surface area contributed by atoms with Gasteiger partial charge >= 0.3 is 39.5 Å². The molecular formula is C84H164O17P2. The van der Waals surface area contributed by atoms with Gasteiger partial charge in [-0.05, 0) is 31.6 Å². The number of aliphatic hydroxyl groups excluding tert-OH is 1. The van der Waals surface area contributed by atoms with E-state index in [-0.39, 0.29) is 25.7 Å². The Morgan fingerprint density at radius 2 is 0.447 bits per heavy atom. The summed E-state index contributed by atoms with van der Waals surface area (Å²) in [7, 11) is -9.92. The topological polar surface area (TPSA) is 237 Å². The highest BCUT2D eigenvalue weighted by atomic mass is 31.2. The van der Waals surface area contributed by atoms with Gasteiger partial charge in [-0.25, -0.2) is 9.13 Å². The molecule has 612 valence electrons. The first-order valence-electron chi connectivity index (χ1n) is 43.6. The highest BCUT2D eigenvalue weighted by Gasteiger charge is 2.30. The van der Waals surface area contributed by atoms with E-state index in [1.165, 1.54) is 276 Å². The molecule has 0 saturated carbocycles.